The molecule has 0 aromatic carbocycles. The molecule has 0 radical (unpaired) electrons. The molecule has 1 atom stereocenters. The second-order valence-corrected chi connectivity index (χ2v) is 6.01. The standard InChI is InChI=1S/C14H30N4O/c1-13(2)18-9-10-19-14(12-18)11-17-7-5-16(4-3-15)6-8-17/h13-14H,3-12,15H2,1-2H3. The predicted molar refractivity (Wildman–Crippen MR) is 78.4 cm³/mol. The van der Waals surface area contributed by atoms with Gasteiger partial charge in [-0.15, -0.1) is 0 Å². The normalized spacial score (nSPS) is 28.1. The molecule has 2 fully saturated rings. The molecule has 5 heteroatoms. The van der Waals surface area contributed by atoms with Crippen molar-refractivity contribution >= 4 is 0 Å². The van der Waals surface area contributed by atoms with Crippen molar-refractivity contribution < 1.29 is 4.74 Å². The van der Waals surface area contributed by atoms with Crippen molar-refractivity contribution in [3.05, 3.63) is 0 Å². The highest BCUT2D eigenvalue weighted by Gasteiger charge is 2.25. The summed E-state index contributed by atoms with van der Waals surface area (Å²) >= 11 is 0. The molecule has 0 aliphatic carbocycles. The lowest BCUT2D eigenvalue weighted by atomic mass is 10.2. The molecule has 0 bridgehead atoms. The average molecular weight is 270 g/mol. The number of piperazine rings is 1. The van der Waals surface area contributed by atoms with E-state index in [2.05, 4.69) is 28.5 Å². The summed E-state index contributed by atoms with van der Waals surface area (Å²) in [5.41, 5.74) is 5.61. The maximum atomic E-state index is 5.92. The molecule has 19 heavy (non-hydrogen) atoms. The van der Waals surface area contributed by atoms with Gasteiger partial charge >= 0.3 is 0 Å². The van der Waals surface area contributed by atoms with Gasteiger partial charge in [0.1, 0.15) is 0 Å². The number of morpholine rings is 1. The Bertz CT molecular complexity index is 254. The van der Waals surface area contributed by atoms with Crippen LogP contribution in [0, 0.1) is 0 Å². The second kappa shape index (κ2) is 7.55. The Hall–Kier alpha value is -0.200. The van der Waals surface area contributed by atoms with Gasteiger partial charge in [0, 0.05) is 64.9 Å². The van der Waals surface area contributed by atoms with Crippen LogP contribution in [0.25, 0.3) is 0 Å². The fourth-order valence-corrected chi connectivity index (χ4v) is 2.99. The summed E-state index contributed by atoms with van der Waals surface area (Å²) in [5, 5.41) is 0. The number of ether oxygens (including phenoxy) is 1. The Morgan fingerprint density at radius 2 is 1.79 bits per heavy atom. The maximum absolute atomic E-state index is 5.92. The zero-order valence-electron chi connectivity index (χ0n) is 12.6. The van der Waals surface area contributed by atoms with Gasteiger partial charge in [-0.05, 0) is 13.8 Å². The van der Waals surface area contributed by atoms with E-state index in [1.54, 1.807) is 0 Å². The van der Waals surface area contributed by atoms with E-state index in [9.17, 15) is 0 Å². The van der Waals surface area contributed by atoms with Gasteiger partial charge in [0.05, 0.1) is 12.7 Å². The number of rotatable bonds is 5. The van der Waals surface area contributed by atoms with E-state index < -0.39 is 0 Å². The lowest BCUT2D eigenvalue weighted by Crippen LogP contribution is -2.53. The highest BCUT2D eigenvalue weighted by Crippen LogP contribution is 2.11. The van der Waals surface area contributed by atoms with Gasteiger partial charge in [0.2, 0.25) is 0 Å². The molecule has 5 nitrogen and oxygen atoms in total. The highest BCUT2D eigenvalue weighted by atomic mass is 16.5. The number of nitrogens with two attached hydrogens (primary N) is 1. The van der Waals surface area contributed by atoms with Crippen LogP contribution in [-0.2, 0) is 4.74 Å². The fourth-order valence-electron chi connectivity index (χ4n) is 2.99. The first-order valence-electron chi connectivity index (χ1n) is 7.69. The van der Waals surface area contributed by atoms with Gasteiger partial charge in [-0.1, -0.05) is 0 Å². The molecule has 2 rings (SSSR count). The van der Waals surface area contributed by atoms with Crippen molar-refractivity contribution in [3.63, 3.8) is 0 Å². The number of hydrogen-bond donors (Lipinski definition) is 1. The van der Waals surface area contributed by atoms with Crippen molar-refractivity contribution in [2.24, 2.45) is 5.73 Å². The highest BCUT2D eigenvalue weighted by molar-refractivity contribution is 4.79. The van der Waals surface area contributed by atoms with Crippen molar-refractivity contribution in [1.29, 1.82) is 0 Å². The largest absolute Gasteiger partial charge is 0.374 e. The van der Waals surface area contributed by atoms with E-state index in [4.69, 9.17) is 10.5 Å². The van der Waals surface area contributed by atoms with Crippen LogP contribution in [0.4, 0.5) is 0 Å². The maximum Gasteiger partial charge on any atom is 0.0829 e. The van der Waals surface area contributed by atoms with E-state index in [1.807, 2.05) is 0 Å². The Kier molecular flexibility index (Phi) is 6.04. The number of nitrogens with zero attached hydrogens (tertiary/aromatic N) is 3. The summed E-state index contributed by atoms with van der Waals surface area (Å²) in [7, 11) is 0. The SMILES string of the molecule is CC(C)N1CCOC(CN2CCN(CCN)CC2)C1. The summed E-state index contributed by atoms with van der Waals surface area (Å²) in [5.74, 6) is 0. The first-order chi connectivity index (χ1) is 9.19. The van der Waals surface area contributed by atoms with Crippen LogP contribution in [0.15, 0.2) is 0 Å². The zero-order chi connectivity index (χ0) is 13.7. The summed E-state index contributed by atoms with van der Waals surface area (Å²) in [4.78, 5) is 7.53. The minimum absolute atomic E-state index is 0.386. The molecule has 0 aromatic rings. The third-order valence-corrected chi connectivity index (χ3v) is 4.27. The van der Waals surface area contributed by atoms with Crippen molar-refractivity contribution in [2.75, 3.05) is 65.5 Å². The number of hydrogen-bond acceptors (Lipinski definition) is 5. The summed E-state index contributed by atoms with van der Waals surface area (Å²) in [6, 6.07) is 0.632. The minimum Gasteiger partial charge on any atom is -0.374 e. The average Bonchev–Trinajstić information content (AvgIpc) is 2.42. The molecule has 0 amide bonds. The van der Waals surface area contributed by atoms with Crippen LogP contribution in [0.3, 0.4) is 0 Å². The van der Waals surface area contributed by atoms with E-state index in [0.717, 1.165) is 65.5 Å². The van der Waals surface area contributed by atoms with Crippen LogP contribution in [0.5, 0.6) is 0 Å². The van der Waals surface area contributed by atoms with E-state index in [1.165, 1.54) is 0 Å². The second-order valence-electron chi connectivity index (χ2n) is 6.01. The molecular formula is C14H30N4O. The fraction of sp³-hybridized carbons (Fsp3) is 1.00. The van der Waals surface area contributed by atoms with E-state index in [0.29, 0.717) is 12.1 Å². The lowest BCUT2D eigenvalue weighted by Gasteiger charge is -2.40. The van der Waals surface area contributed by atoms with Crippen LogP contribution in [0.2, 0.25) is 0 Å². The van der Waals surface area contributed by atoms with E-state index >= 15 is 0 Å². The predicted octanol–water partition coefficient (Wildman–Crippen LogP) is -0.328. The summed E-state index contributed by atoms with van der Waals surface area (Å²) < 4.78 is 5.92. The molecule has 0 spiro atoms. The molecule has 0 saturated carbocycles. The minimum atomic E-state index is 0.386. The van der Waals surface area contributed by atoms with Crippen LogP contribution in [-0.4, -0.2) is 92.4 Å². The van der Waals surface area contributed by atoms with Gasteiger partial charge in [-0.2, -0.15) is 0 Å². The molecule has 1 unspecified atom stereocenters. The van der Waals surface area contributed by atoms with Gasteiger partial charge in [0.25, 0.3) is 0 Å². The Balaban J connectivity index is 1.70. The molecular weight excluding hydrogens is 240 g/mol. The Morgan fingerprint density at radius 3 is 2.42 bits per heavy atom. The molecule has 112 valence electrons. The molecule has 2 aliphatic rings. The van der Waals surface area contributed by atoms with Crippen molar-refractivity contribution in [3.8, 4) is 0 Å². The van der Waals surface area contributed by atoms with E-state index in [-0.39, 0.29) is 0 Å². The monoisotopic (exact) mass is 270 g/mol. The van der Waals surface area contributed by atoms with Crippen molar-refractivity contribution in [2.45, 2.75) is 26.0 Å². The lowest BCUT2D eigenvalue weighted by molar-refractivity contribution is -0.0562. The third kappa shape index (κ3) is 4.68. The topological polar surface area (TPSA) is 45.0 Å². The smallest absolute Gasteiger partial charge is 0.0829 e. The van der Waals surface area contributed by atoms with Gasteiger partial charge < -0.3 is 10.5 Å². The summed E-state index contributed by atoms with van der Waals surface area (Å²) in [6.45, 7) is 15.1. The van der Waals surface area contributed by atoms with Gasteiger partial charge in [0.15, 0.2) is 0 Å². The first kappa shape index (κ1) is 15.2. The quantitative estimate of drug-likeness (QED) is 0.741. The third-order valence-electron chi connectivity index (χ3n) is 4.27. The van der Waals surface area contributed by atoms with Crippen LogP contribution >= 0.6 is 0 Å². The van der Waals surface area contributed by atoms with Crippen molar-refractivity contribution in [1.82, 2.24) is 14.7 Å². The molecule has 2 aliphatic heterocycles. The van der Waals surface area contributed by atoms with Crippen LogP contribution < -0.4 is 5.73 Å². The Morgan fingerprint density at radius 1 is 1.11 bits per heavy atom. The zero-order valence-corrected chi connectivity index (χ0v) is 12.6. The van der Waals surface area contributed by atoms with Crippen LogP contribution in [0.1, 0.15) is 13.8 Å². The first-order valence-corrected chi connectivity index (χ1v) is 7.69. The molecule has 0 aromatic heterocycles. The summed E-state index contributed by atoms with van der Waals surface area (Å²) in [6.07, 6.45) is 0.386. The molecule has 2 saturated heterocycles. The Labute approximate surface area is 117 Å². The van der Waals surface area contributed by atoms with Gasteiger partial charge in [-0.25, -0.2) is 0 Å². The molecule has 2 heterocycles. The molecule has 2 N–H and O–H groups in total. The van der Waals surface area contributed by atoms with Gasteiger partial charge in [-0.3, -0.25) is 14.7 Å².